The Morgan fingerprint density at radius 3 is 2.48 bits per heavy atom. The van der Waals surface area contributed by atoms with Crippen molar-refractivity contribution < 1.29 is 19.1 Å². The predicted molar refractivity (Wildman–Crippen MR) is 94.8 cm³/mol. The van der Waals surface area contributed by atoms with E-state index in [1.165, 1.54) is 7.11 Å². The van der Waals surface area contributed by atoms with E-state index in [1.54, 1.807) is 19.1 Å². The monoisotopic (exact) mass is 344 g/mol. The van der Waals surface area contributed by atoms with Crippen LogP contribution >= 0.6 is 0 Å². The van der Waals surface area contributed by atoms with E-state index in [0.717, 1.165) is 22.4 Å². The average molecular weight is 344 g/mol. The van der Waals surface area contributed by atoms with Crippen LogP contribution in [0.5, 0.6) is 5.75 Å². The molecule has 1 N–H and O–H groups in total. The van der Waals surface area contributed by atoms with Gasteiger partial charge in [0.05, 0.1) is 20.6 Å². The van der Waals surface area contributed by atoms with Gasteiger partial charge in [-0.3, -0.25) is 4.79 Å². The van der Waals surface area contributed by atoms with Gasteiger partial charge in [-0.25, -0.2) is 4.79 Å². The Kier molecular flexibility index (Phi) is 5.85. The smallest absolute Gasteiger partial charge is 0.354 e. The molecule has 1 amide bonds. The number of aryl methyl sites for hydroxylation is 1. The third-order valence-corrected chi connectivity index (χ3v) is 4.34. The number of para-hydroxylation sites is 1. The third-order valence-electron chi connectivity index (χ3n) is 4.34. The Morgan fingerprint density at radius 2 is 1.84 bits per heavy atom. The Bertz CT molecular complexity index is 780. The van der Waals surface area contributed by atoms with E-state index in [0.29, 0.717) is 18.0 Å². The molecule has 0 spiro atoms. The lowest BCUT2D eigenvalue weighted by Crippen LogP contribution is -2.28. The third kappa shape index (κ3) is 4.02. The number of ether oxygens (including phenoxy) is 2. The van der Waals surface area contributed by atoms with Gasteiger partial charge in [-0.05, 0) is 31.0 Å². The van der Waals surface area contributed by atoms with E-state index in [1.807, 2.05) is 38.1 Å². The standard InChI is InChI=1S/C19H24N2O4/c1-12-15(13(2)20-18(12)19(23)25-5)11-21(3)17(22)10-14-8-6-7-9-16(14)24-4/h6-9,20H,10-11H2,1-5H3. The van der Waals surface area contributed by atoms with Crippen LogP contribution in [0.2, 0.25) is 0 Å². The maximum atomic E-state index is 12.6. The van der Waals surface area contributed by atoms with Crippen molar-refractivity contribution in [1.82, 2.24) is 9.88 Å². The van der Waals surface area contributed by atoms with Gasteiger partial charge in [0.15, 0.2) is 0 Å². The fourth-order valence-electron chi connectivity index (χ4n) is 2.80. The molecule has 0 saturated heterocycles. The van der Waals surface area contributed by atoms with Crippen LogP contribution in [0, 0.1) is 13.8 Å². The summed E-state index contributed by atoms with van der Waals surface area (Å²) in [5, 5.41) is 0. The fourth-order valence-corrected chi connectivity index (χ4v) is 2.80. The highest BCUT2D eigenvalue weighted by Gasteiger charge is 2.20. The van der Waals surface area contributed by atoms with Gasteiger partial charge in [-0.1, -0.05) is 18.2 Å². The second kappa shape index (κ2) is 7.88. The van der Waals surface area contributed by atoms with Crippen LogP contribution in [0.1, 0.15) is 32.9 Å². The molecule has 1 aromatic carbocycles. The number of nitrogens with zero attached hydrogens (tertiary/aromatic N) is 1. The number of hydrogen-bond acceptors (Lipinski definition) is 4. The lowest BCUT2D eigenvalue weighted by Gasteiger charge is -2.18. The molecule has 0 saturated carbocycles. The first-order chi connectivity index (χ1) is 11.9. The number of nitrogens with one attached hydrogen (secondary N) is 1. The fraction of sp³-hybridized carbons (Fsp3) is 0.368. The molecule has 0 aliphatic rings. The minimum atomic E-state index is -0.408. The SMILES string of the molecule is COC(=O)c1[nH]c(C)c(CN(C)C(=O)Cc2ccccc2OC)c1C. The summed E-state index contributed by atoms with van der Waals surface area (Å²) >= 11 is 0. The van der Waals surface area contributed by atoms with Gasteiger partial charge in [0.2, 0.25) is 5.91 Å². The van der Waals surface area contributed by atoms with E-state index >= 15 is 0 Å². The first-order valence-electron chi connectivity index (χ1n) is 8.01. The Morgan fingerprint density at radius 1 is 1.16 bits per heavy atom. The van der Waals surface area contributed by atoms with Crippen LogP contribution in [-0.4, -0.2) is 43.0 Å². The maximum Gasteiger partial charge on any atom is 0.354 e. The van der Waals surface area contributed by atoms with Crippen LogP contribution in [-0.2, 0) is 22.5 Å². The number of methoxy groups -OCH3 is 2. The molecule has 0 radical (unpaired) electrons. The lowest BCUT2D eigenvalue weighted by atomic mass is 10.1. The van der Waals surface area contributed by atoms with Crippen molar-refractivity contribution >= 4 is 11.9 Å². The number of aromatic amines is 1. The van der Waals surface area contributed by atoms with Crippen LogP contribution < -0.4 is 4.74 Å². The maximum absolute atomic E-state index is 12.6. The lowest BCUT2D eigenvalue weighted by molar-refractivity contribution is -0.129. The van der Waals surface area contributed by atoms with Crippen LogP contribution in [0.3, 0.4) is 0 Å². The molecule has 2 rings (SSSR count). The quantitative estimate of drug-likeness (QED) is 0.818. The zero-order valence-electron chi connectivity index (χ0n) is 15.3. The molecule has 2 aromatic rings. The molecule has 0 aliphatic heterocycles. The van der Waals surface area contributed by atoms with Crippen molar-refractivity contribution in [3.05, 3.63) is 52.3 Å². The highest BCUT2D eigenvalue weighted by atomic mass is 16.5. The predicted octanol–water partition coefficient (Wildman–Crippen LogP) is 2.63. The topological polar surface area (TPSA) is 71.6 Å². The largest absolute Gasteiger partial charge is 0.496 e. The minimum absolute atomic E-state index is 0.0240. The van der Waals surface area contributed by atoms with Crippen molar-refractivity contribution in [2.24, 2.45) is 0 Å². The van der Waals surface area contributed by atoms with Gasteiger partial charge in [0.1, 0.15) is 11.4 Å². The number of hydrogen-bond donors (Lipinski definition) is 1. The summed E-state index contributed by atoms with van der Waals surface area (Å²) < 4.78 is 10.1. The second-order valence-electron chi connectivity index (χ2n) is 5.96. The summed E-state index contributed by atoms with van der Waals surface area (Å²) in [6.45, 7) is 4.15. The second-order valence-corrected chi connectivity index (χ2v) is 5.96. The molecule has 1 aromatic heterocycles. The Hall–Kier alpha value is -2.76. The molecular formula is C19H24N2O4. The molecule has 0 atom stereocenters. The van der Waals surface area contributed by atoms with Gasteiger partial charge in [-0.2, -0.15) is 0 Å². The van der Waals surface area contributed by atoms with Gasteiger partial charge in [0, 0.05) is 24.8 Å². The van der Waals surface area contributed by atoms with Gasteiger partial charge >= 0.3 is 5.97 Å². The molecule has 1 heterocycles. The molecule has 6 nitrogen and oxygen atoms in total. The van der Waals surface area contributed by atoms with Crippen LogP contribution in [0.4, 0.5) is 0 Å². The number of carbonyl (C=O) groups excluding carboxylic acids is 2. The summed E-state index contributed by atoms with van der Waals surface area (Å²) in [5.74, 6) is 0.269. The number of esters is 1. The van der Waals surface area contributed by atoms with E-state index in [-0.39, 0.29) is 12.3 Å². The van der Waals surface area contributed by atoms with Crippen LogP contribution in [0.15, 0.2) is 24.3 Å². The molecule has 0 aliphatic carbocycles. The molecule has 134 valence electrons. The summed E-state index contributed by atoms with van der Waals surface area (Å²) in [5.41, 5.74) is 3.87. The summed E-state index contributed by atoms with van der Waals surface area (Å²) in [6.07, 6.45) is 0.257. The molecule has 25 heavy (non-hydrogen) atoms. The van der Waals surface area contributed by atoms with Crippen LogP contribution in [0.25, 0.3) is 0 Å². The van der Waals surface area contributed by atoms with Gasteiger partial charge in [0.25, 0.3) is 0 Å². The molecular weight excluding hydrogens is 320 g/mol. The number of amides is 1. The zero-order valence-corrected chi connectivity index (χ0v) is 15.3. The first-order valence-corrected chi connectivity index (χ1v) is 8.01. The average Bonchev–Trinajstić information content (AvgIpc) is 2.89. The minimum Gasteiger partial charge on any atom is -0.496 e. The molecule has 0 unspecified atom stereocenters. The highest BCUT2D eigenvalue weighted by Crippen LogP contribution is 2.22. The zero-order chi connectivity index (χ0) is 18.6. The normalized spacial score (nSPS) is 10.4. The van der Waals surface area contributed by atoms with Gasteiger partial charge in [-0.15, -0.1) is 0 Å². The molecule has 0 bridgehead atoms. The summed E-state index contributed by atoms with van der Waals surface area (Å²) in [6, 6.07) is 7.48. The summed E-state index contributed by atoms with van der Waals surface area (Å²) in [7, 11) is 4.69. The van der Waals surface area contributed by atoms with E-state index in [4.69, 9.17) is 9.47 Å². The number of H-pyrrole nitrogens is 1. The van der Waals surface area contributed by atoms with E-state index in [2.05, 4.69) is 4.98 Å². The van der Waals surface area contributed by atoms with Crippen molar-refractivity contribution in [3.8, 4) is 5.75 Å². The number of aromatic nitrogens is 1. The van der Waals surface area contributed by atoms with E-state index in [9.17, 15) is 9.59 Å². The van der Waals surface area contributed by atoms with Crippen molar-refractivity contribution in [2.75, 3.05) is 21.3 Å². The molecule has 0 fully saturated rings. The highest BCUT2D eigenvalue weighted by molar-refractivity contribution is 5.89. The van der Waals surface area contributed by atoms with Crippen molar-refractivity contribution in [2.45, 2.75) is 26.8 Å². The first kappa shape index (κ1) is 18.6. The number of carbonyl (C=O) groups is 2. The number of rotatable bonds is 6. The number of likely N-dealkylation sites (N-methyl/N-ethyl adjacent to an activating group) is 1. The Labute approximate surface area is 147 Å². The number of benzene rings is 1. The Balaban J connectivity index is 2.14. The van der Waals surface area contributed by atoms with Gasteiger partial charge < -0.3 is 19.4 Å². The molecule has 6 heteroatoms. The van der Waals surface area contributed by atoms with E-state index < -0.39 is 5.97 Å². The van der Waals surface area contributed by atoms with Crippen molar-refractivity contribution in [3.63, 3.8) is 0 Å². The summed E-state index contributed by atoms with van der Waals surface area (Å²) in [4.78, 5) is 29.0. The van der Waals surface area contributed by atoms with Crippen molar-refractivity contribution in [1.29, 1.82) is 0 Å².